The molecule has 0 unspecified atom stereocenters. The summed E-state index contributed by atoms with van der Waals surface area (Å²) in [6.07, 6.45) is -3.85. The van der Waals surface area contributed by atoms with E-state index in [4.69, 9.17) is 0 Å². The minimum atomic E-state index is -4.66. The van der Waals surface area contributed by atoms with Crippen molar-refractivity contribution in [1.82, 2.24) is 0 Å². The van der Waals surface area contributed by atoms with Crippen molar-refractivity contribution in [2.45, 2.75) is 33.4 Å². The fraction of sp³-hybridized carbons (Fsp3) is 0.538. The Bertz CT molecular complexity index is 404. The fourth-order valence-electron chi connectivity index (χ4n) is 1.43. The van der Waals surface area contributed by atoms with Crippen LogP contribution in [0.3, 0.4) is 0 Å². The van der Waals surface area contributed by atoms with E-state index in [-0.39, 0.29) is 11.1 Å². The van der Waals surface area contributed by atoms with Crippen molar-refractivity contribution in [2.75, 3.05) is 11.9 Å². The van der Waals surface area contributed by atoms with E-state index in [1.54, 1.807) is 0 Å². The van der Waals surface area contributed by atoms with Crippen LogP contribution < -0.4 is 5.32 Å². The van der Waals surface area contributed by atoms with Crippen LogP contribution in [0.5, 0.6) is 0 Å². The van der Waals surface area contributed by atoms with Gasteiger partial charge in [0.15, 0.2) is 0 Å². The SMILES string of the molecule is CC(C)(C)CCNc1ccc(F)c(C(F)(F)F)c1. The van der Waals surface area contributed by atoms with Gasteiger partial charge in [0.2, 0.25) is 0 Å². The zero-order valence-electron chi connectivity index (χ0n) is 10.7. The van der Waals surface area contributed by atoms with E-state index in [0.29, 0.717) is 6.54 Å². The first-order valence-corrected chi connectivity index (χ1v) is 5.70. The van der Waals surface area contributed by atoms with E-state index in [1.165, 1.54) is 6.07 Å². The molecule has 1 N–H and O–H groups in total. The number of hydrogen-bond acceptors (Lipinski definition) is 1. The number of anilines is 1. The molecule has 18 heavy (non-hydrogen) atoms. The lowest BCUT2D eigenvalue weighted by atomic mass is 9.92. The molecular weight excluding hydrogens is 246 g/mol. The summed E-state index contributed by atoms with van der Waals surface area (Å²) in [6, 6.07) is 2.95. The minimum absolute atomic E-state index is 0.0971. The highest BCUT2D eigenvalue weighted by atomic mass is 19.4. The third-order valence-corrected chi connectivity index (χ3v) is 2.48. The second-order valence-electron chi connectivity index (χ2n) is 5.43. The van der Waals surface area contributed by atoms with Crippen LogP contribution in [0.2, 0.25) is 0 Å². The second kappa shape index (κ2) is 5.16. The largest absolute Gasteiger partial charge is 0.419 e. The Hall–Kier alpha value is -1.26. The molecule has 0 amide bonds. The molecule has 102 valence electrons. The Morgan fingerprint density at radius 3 is 2.22 bits per heavy atom. The Morgan fingerprint density at radius 2 is 1.72 bits per heavy atom. The van der Waals surface area contributed by atoms with Gasteiger partial charge in [0.25, 0.3) is 0 Å². The molecule has 0 heterocycles. The molecule has 0 atom stereocenters. The molecule has 0 aliphatic carbocycles. The lowest BCUT2D eigenvalue weighted by molar-refractivity contribution is -0.139. The van der Waals surface area contributed by atoms with Crippen LogP contribution in [0.4, 0.5) is 23.2 Å². The van der Waals surface area contributed by atoms with Gasteiger partial charge < -0.3 is 5.32 Å². The van der Waals surface area contributed by atoms with Gasteiger partial charge >= 0.3 is 6.18 Å². The molecular formula is C13H17F4N. The van der Waals surface area contributed by atoms with Crippen LogP contribution in [-0.2, 0) is 6.18 Å². The smallest absolute Gasteiger partial charge is 0.385 e. The zero-order valence-corrected chi connectivity index (χ0v) is 10.7. The van der Waals surface area contributed by atoms with Crippen molar-refractivity contribution in [3.8, 4) is 0 Å². The van der Waals surface area contributed by atoms with E-state index < -0.39 is 17.6 Å². The van der Waals surface area contributed by atoms with Gasteiger partial charge in [-0.25, -0.2) is 4.39 Å². The molecule has 0 spiro atoms. The van der Waals surface area contributed by atoms with Crippen LogP contribution in [0.15, 0.2) is 18.2 Å². The Morgan fingerprint density at radius 1 is 1.11 bits per heavy atom. The third kappa shape index (κ3) is 4.55. The van der Waals surface area contributed by atoms with E-state index in [9.17, 15) is 17.6 Å². The average Bonchev–Trinajstić information content (AvgIpc) is 2.17. The maximum atomic E-state index is 13.0. The quantitative estimate of drug-likeness (QED) is 0.780. The van der Waals surface area contributed by atoms with Gasteiger partial charge in [0.05, 0.1) is 5.56 Å². The van der Waals surface area contributed by atoms with Gasteiger partial charge in [0, 0.05) is 12.2 Å². The first-order chi connectivity index (χ1) is 8.09. The van der Waals surface area contributed by atoms with Crippen molar-refractivity contribution < 1.29 is 17.6 Å². The summed E-state index contributed by atoms with van der Waals surface area (Å²) in [4.78, 5) is 0. The van der Waals surface area contributed by atoms with Gasteiger partial charge in [0.1, 0.15) is 5.82 Å². The summed E-state index contributed by atoms with van der Waals surface area (Å²) < 4.78 is 50.4. The monoisotopic (exact) mass is 263 g/mol. The van der Waals surface area contributed by atoms with Gasteiger partial charge in [-0.3, -0.25) is 0 Å². The standard InChI is InChI=1S/C13H17F4N/c1-12(2,3)6-7-18-9-4-5-11(14)10(8-9)13(15,16)17/h4-5,8,18H,6-7H2,1-3H3. The Labute approximate surface area is 104 Å². The average molecular weight is 263 g/mol. The van der Waals surface area contributed by atoms with Crippen LogP contribution in [0.1, 0.15) is 32.8 Å². The molecule has 0 bridgehead atoms. The third-order valence-electron chi connectivity index (χ3n) is 2.48. The molecule has 0 saturated carbocycles. The first-order valence-electron chi connectivity index (χ1n) is 5.70. The molecule has 0 fully saturated rings. The molecule has 1 nitrogen and oxygen atoms in total. The van der Waals surface area contributed by atoms with Crippen molar-refractivity contribution >= 4 is 5.69 Å². The molecule has 0 saturated heterocycles. The summed E-state index contributed by atoms with van der Waals surface area (Å²) in [5.74, 6) is -1.25. The number of rotatable bonds is 3. The van der Waals surface area contributed by atoms with Crippen molar-refractivity contribution in [3.05, 3.63) is 29.6 Å². The highest BCUT2D eigenvalue weighted by Crippen LogP contribution is 2.33. The molecule has 0 aromatic heterocycles. The zero-order chi connectivity index (χ0) is 14.0. The molecule has 5 heteroatoms. The molecule has 1 aromatic carbocycles. The maximum Gasteiger partial charge on any atom is 0.419 e. The van der Waals surface area contributed by atoms with Crippen LogP contribution >= 0.6 is 0 Å². The number of hydrogen-bond donors (Lipinski definition) is 1. The minimum Gasteiger partial charge on any atom is -0.385 e. The summed E-state index contributed by atoms with van der Waals surface area (Å²) in [6.45, 7) is 6.67. The Kier molecular flexibility index (Phi) is 4.24. The van der Waals surface area contributed by atoms with Crippen molar-refractivity contribution in [3.63, 3.8) is 0 Å². The molecule has 1 rings (SSSR count). The summed E-state index contributed by atoms with van der Waals surface area (Å²) >= 11 is 0. The van der Waals surface area contributed by atoms with Crippen LogP contribution in [-0.4, -0.2) is 6.54 Å². The first kappa shape index (κ1) is 14.8. The van der Waals surface area contributed by atoms with E-state index in [2.05, 4.69) is 5.32 Å². The molecule has 0 radical (unpaired) electrons. The van der Waals surface area contributed by atoms with Crippen molar-refractivity contribution in [1.29, 1.82) is 0 Å². The lowest BCUT2D eigenvalue weighted by Crippen LogP contribution is -2.14. The highest BCUT2D eigenvalue weighted by molar-refractivity contribution is 5.47. The van der Waals surface area contributed by atoms with Gasteiger partial charge in [-0.15, -0.1) is 0 Å². The second-order valence-corrected chi connectivity index (χ2v) is 5.43. The normalized spacial score (nSPS) is 12.6. The lowest BCUT2D eigenvalue weighted by Gasteiger charge is -2.19. The fourth-order valence-corrected chi connectivity index (χ4v) is 1.43. The summed E-state index contributed by atoms with van der Waals surface area (Å²) in [7, 11) is 0. The maximum absolute atomic E-state index is 13.0. The predicted molar refractivity (Wildman–Crippen MR) is 64.0 cm³/mol. The van der Waals surface area contributed by atoms with Crippen LogP contribution in [0, 0.1) is 11.2 Å². The van der Waals surface area contributed by atoms with Gasteiger partial charge in [-0.05, 0) is 30.0 Å². The van der Waals surface area contributed by atoms with Gasteiger partial charge in [-0.1, -0.05) is 20.8 Å². The van der Waals surface area contributed by atoms with E-state index in [0.717, 1.165) is 18.6 Å². The van der Waals surface area contributed by atoms with Crippen LogP contribution in [0.25, 0.3) is 0 Å². The van der Waals surface area contributed by atoms with Crippen molar-refractivity contribution in [2.24, 2.45) is 5.41 Å². The van der Waals surface area contributed by atoms with E-state index in [1.807, 2.05) is 20.8 Å². The highest BCUT2D eigenvalue weighted by Gasteiger charge is 2.34. The van der Waals surface area contributed by atoms with E-state index >= 15 is 0 Å². The Balaban J connectivity index is 2.74. The van der Waals surface area contributed by atoms with Gasteiger partial charge in [-0.2, -0.15) is 13.2 Å². The number of alkyl halides is 3. The summed E-state index contributed by atoms with van der Waals surface area (Å²) in [5, 5.41) is 2.87. The number of nitrogens with one attached hydrogen (secondary N) is 1. The molecule has 0 aliphatic heterocycles. The number of benzene rings is 1. The summed E-state index contributed by atoms with van der Waals surface area (Å²) in [5.41, 5.74) is -0.851. The molecule has 1 aromatic rings. The molecule has 0 aliphatic rings. The topological polar surface area (TPSA) is 12.0 Å². The predicted octanol–water partition coefficient (Wildman–Crippen LogP) is 4.69. The number of halogens is 4.